The fourth-order valence-electron chi connectivity index (χ4n) is 2.46. The van der Waals surface area contributed by atoms with Crippen molar-refractivity contribution in [3.63, 3.8) is 0 Å². The Morgan fingerprint density at radius 2 is 2.29 bits per heavy atom. The van der Waals surface area contributed by atoms with E-state index in [1.54, 1.807) is 7.05 Å². The maximum atomic E-state index is 13.8. The summed E-state index contributed by atoms with van der Waals surface area (Å²) in [7, 11) is 1.61. The van der Waals surface area contributed by atoms with Crippen LogP contribution in [-0.4, -0.2) is 26.5 Å². The van der Waals surface area contributed by atoms with Gasteiger partial charge in [0, 0.05) is 25.2 Å². The number of hydrogen-bond acceptors (Lipinski definition) is 3. The van der Waals surface area contributed by atoms with E-state index in [2.05, 4.69) is 4.99 Å². The third-order valence-electron chi connectivity index (χ3n) is 3.43. The summed E-state index contributed by atoms with van der Waals surface area (Å²) in [5.41, 5.74) is 0.291. The highest BCUT2D eigenvalue weighted by Crippen LogP contribution is 2.33. The predicted molar refractivity (Wildman–Crippen MR) is 76.4 cm³/mol. The van der Waals surface area contributed by atoms with E-state index in [1.165, 1.54) is 29.0 Å². The first-order chi connectivity index (χ1) is 9.78. The first-order valence-corrected chi connectivity index (χ1v) is 6.50. The van der Waals surface area contributed by atoms with Gasteiger partial charge in [-0.3, -0.25) is 4.79 Å². The summed E-state index contributed by atoms with van der Waals surface area (Å²) in [5, 5.41) is 6.94. The van der Waals surface area contributed by atoms with Crippen LogP contribution in [0.1, 0.15) is 15.9 Å². The number of aromatic nitrogens is 1. The van der Waals surface area contributed by atoms with Crippen molar-refractivity contribution in [3.05, 3.63) is 51.3 Å². The standard InChI is InChI=1S/C14H10ClFN2O3/c1-18-6-9(13(20)21)11(19)8-4-7-5-14(15,16)3-2-10(7)17-12(8)18/h2-3,5-6H,4H2,1H3,(H,20,21). The Bertz CT molecular complexity index is 818. The van der Waals surface area contributed by atoms with Crippen LogP contribution in [0.25, 0.3) is 0 Å². The Balaban J connectivity index is 2.25. The molecule has 0 saturated heterocycles. The quantitative estimate of drug-likeness (QED) is 0.808. The van der Waals surface area contributed by atoms with Crippen molar-refractivity contribution in [3.8, 4) is 0 Å². The van der Waals surface area contributed by atoms with Crippen LogP contribution in [0, 0.1) is 0 Å². The molecule has 1 aliphatic carbocycles. The molecular weight excluding hydrogens is 299 g/mol. The third-order valence-corrected chi connectivity index (χ3v) is 3.66. The Kier molecular flexibility index (Phi) is 2.88. The molecule has 0 aromatic carbocycles. The van der Waals surface area contributed by atoms with Gasteiger partial charge < -0.3 is 9.67 Å². The van der Waals surface area contributed by atoms with Crippen molar-refractivity contribution in [1.29, 1.82) is 0 Å². The third kappa shape index (κ3) is 2.21. The number of pyridine rings is 1. The van der Waals surface area contributed by atoms with Gasteiger partial charge in [0.1, 0.15) is 11.4 Å². The number of carbonyl (C=O) groups is 1. The zero-order valence-electron chi connectivity index (χ0n) is 10.9. The van der Waals surface area contributed by atoms with Gasteiger partial charge in [0.25, 0.3) is 0 Å². The highest BCUT2D eigenvalue weighted by atomic mass is 35.5. The Morgan fingerprint density at radius 1 is 1.57 bits per heavy atom. The molecule has 2 heterocycles. The Hall–Kier alpha value is -2.21. The molecule has 0 radical (unpaired) electrons. The van der Waals surface area contributed by atoms with Gasteiger partial charge in [-0.25, -0.2) is 14.2 Å². The molecule has 0 saturated carbocycles. The van der Waals surface area contributed by atoms with Gasteiger partial charge in [0.15, 0.2) is 0 Å². The fourth-order valence-corrected chi connectivity index (χ4v) is 2.65. The summed E-state index contributed by atoms with van der Waals surface area (Å²) in [6.07, 6.45) is 5.15. The molecule has 1 aromatic heterocycles. The van der Waals surface area contributed by atoms with Crippen molar-refractivity contribution >= 4 is 29.1 Å². The number of aryl methyl sites for hydroxylation is 1. The zero-order valence-corrected chi connectivity index (χ0v) is 11.7. The minimum atomic E-state index is -2.11. The van der Waals surface area contributed by atoms with E-state index in [0.717, 1.165) is 0 Å². The number of halogens is 2. The number of aliphatic imine (C=N–C) groups is 1. The Morgan fingerprint density at radius 3 is 2.95 bits per heavy atom. The lowest BCUT2D eigenvalue weighted by Crippen LogP contribution is -2.27. The number of allylic oxidation sites excluding steroid dienone is 4. The van der Waals surface area contributed by atoms with Gasteiger partial charge in [-0.05, 0) is 23.8 Å². The van der Waals surface area contributed by atoms with Crippen molar-refractivity contribution in [1.82, 2.24) is 4.57 Å². The van der Waals surface area contributed by atoms with Crippen LogP contribution in [0.15, 0.2) is 39.8 Å². The fraction of sp³-hybridized carbons (Fsp3) is 0.214. The van der Waals surface area contributed by atoms with E-state index in [0.29, 0.717) is 17.1 Å². The number of hydrogen-bond donors (Lipinski definition) is 1. The molecule has 2 aliphatic rings. The number of alkyl halides is 2. The lowest BCUT2D eigenvalue weighted by Gasteiger charge is -2.23. The van der Waals surface area contributed by atoms with Gasteiger partial charge in [0.05, 0.1) is 5.71 Å². The van der Waals surface area contributed by atoms with Crippen LogP contribution in [0.2, 0.25) is 0 Å². The zero-order chi connectivity index (χ0) is 15.4. The van der Waals surface area contributed by atoms with E-state index < -0.39 is 16.5 Å². The van der Waals surface area contributed by atoms with Gasteiger partial charge in [-0.15, -0.1) is 0 Å². The second-order valence-electron chi connectivity index (χ2n) is 4.94. The highest BCUT2D eigenvalue weighted by molar-refractivity contribution is 6.27. The smallest absolute Gasteiger partial charge is 0.341 e. The van der Waals surface area contributed by atoms with Crippen molar-refractivity contribution in [2.24, 2.45) is 12.0 Å². The molecule has 1 N–H and O–H groups in total. The summed E-state index contributed by atoms with van der Waals surface area (Å²) < 4.78 is 15.3. The van der Waals surface area contributed by atoms with E-state index in [-0.39, 0.29) is 17.5 Å². The van der Waals surface area contributed by atoms with Crippen LogP contribution in [0.5, 0.6) is 0 Å². The van der Waals surface area contributed by atoms with Crippen LogP contribution >= 0.6 is 11.6 Å². The molecule has 5 nitrogen and oxygen atoms in total. The molecule has 7 heteroatoms. The predicted octanol–water partition coefficient (Wildman–Crippen LogP) is 2.11. The van der Waals surface area contributed by atoms with Crippen LogP contribution in [-0.2, 0) is 13.5 Å². The van der Waals surface area contributed by atoms with E-state index in [1.807, 2.05) is 0 Å². The van der Waals surface area contributed by atoms with Crippen molar-refractivity contribution in [2.45, 2.75) is 11.5 Å². The van der Waals surface area contributed by atoms with Crippen molar-refractivity contribution < 1.29 is 14.3 Å². The molecule has 0 bridgehead atoms. The van der Waals surface area contributed by atoms with Gasteiger partial charge in [0.2, 0.25) is 10.6 Å². The maximum absolute atomic E-state index is 13.8. The minimum absolute atomic E-state index is 0.102. The number of carboxylic acids is 1. The number of aromatic carboxylic acids is 1. The number of rotatable bonds is 1. The largest absolute Gasteiger partial charge is 0.477 e. The highest BCUT2D eigenvalue weighted by Gasteiger charge is 2.30. The first kappa shape index (κ1) is 13.8. The molecule has 1 aliphatic heterocycles. The molecule has 108 valence electrons. The summed E-state index contributed by atoms with van der Waals surface area (Å²) in [6.45, 7) is 0. The summed E-state index contributed by atoms with van der Waals surface area (Å²) in [6, 6.07) is 0. The lowest BCUT2D eigenvalue weighted by molar-refractivity contribution is 0.0694. The lowest BCUT2D eigenvalue weighted by atomic mass is 9.92. The minimum Gasteiger partial charge on any atom is -0.477 e. The number of carboxylic acid groups (broad SMARTS) is 1. The van der Waals surface area contributed by atoms with Crippen LogP contribution < -0.4 is 5.43 Å². The molecule has 1 aromatic rings. The first-order valence-electron chi connectivity index (χ1n) is 6.12. The molecule has 0 amide bonds. The van der Waals surface area contributed by atoms with Gasteiger partial charge >= 0.3 is 5.97 Å². The molecule has 1 atom stereocenters. The summed E-state index contributed by atoms with van der Waals surface area (Å²) in [4.78, 5) is 27.6. The molecule has 1 unspecified atom stereocenters. The second-order valence-corrected chi connectivity index (χ2v) is 5.52. The van der Waals surface area contributed by atoms with Crippen LogP contribution in [0.4, 0.5) is 10.2 Å². The van der Waals surface area contributed by atoms with E-state index in [9.17, 15) is 14.0 Å². The second kappa shape index (κ2) is 4.39. The SMILES string of the molecule is Cn1cc(C(=O)O)c(=O)c2c1N=C1C=CC(F)(Cl)C=C1C2. The van der Waals surface area contributed by atoms with Gasteiger partial charge in [-0.2, -0.15) is 0 Å². The summed E-state index contributed by atoms with van der Waals surface area (Å²) >= 11 is 5.61. The normalized spacial score (nSPS) is 23.0. The number of nitrogens with zero attached hydrogens (tertiary/aromatic N) is 2. The molecule has 21 heavy (non-hydrogen) atoms. The molecule has 3 rings (SSSR count). The van der Waals surface area contributed by atoms with Crippen LogP contribution in [0.3, 0.4) is 0 Å². The number of fused-ring (bicyclic) bond motifs is 2. The molecule has 0 fully saturated rings. The monoisotopic (exact) mass is 308 g/mol. The topological polar surface area (TPSA) is 71.7 Å². The summed E-state index contributed by atoms with van der Waals surface area (Å²) in [5.74, 6) is -0.925. The average molecular weight is 309 g/mol. The van der Waals surface area contributed by atoms with Crippen molar-refractivity contribution in [2.75, 3.05) is 0 Å². The Labute approximate surface area is 123 Å². The molecule has 0 spiro atoms. The molecular formula is C14H10ClFN2O3. The van der Waals surface area contributed by atoms with E-state index in [4.69, 9.17) is 16.7 Å². The maximum Gasteiger partial charge on any atom is 0.341 e. The average Bonchev–Trinajstić information content (AvgIpc) is 2.40. The van der Waals surface area contributed by atoms with E-state index >= 15 is 0 Å². The van der Waals surface area contributed by atoms with Gasteiger partial charge in [-0.1, -0.05) is 11.6 Å².